The summed E-state index contributed by atoms with van der Waals surface area (Å²) in [5.74, 6) is 0.970. The summed E-state index contributed by atoms with van der Waals surface area (Å²) in [5, 5.41) is 18.9. The summed E-state index contributed by atoms with van der Waals surface area (Å²) >= 11 is 0. The fourth-order valence-electron chi connectivity index (χ4n) is 3.77. The lowest BCUT2D eigenvalue weighted by Gasteiger charge is -2.15. The molecule has 1 amide bonds. The number of nitrogens with two attached hydrogens (primary N) is 1. The van der Waals surface area contributed by atoms with Gasteiger partial charge in [-0.3, -0.25) is 4.79 Å². The molecule has 0 aliphatic heterocycles. The van der Waals surface area contributed by atoms with Crippen LogP contribution in [0.4, 0.5) is 46.0 Å². The third-order valence-corrected chi connectivity index (χ3v) is 5.71. The summed E-state index contributed by atoms with van der Waals surface area (Å²) in [7, 11) is 1.51. The number of benzene rings is 4. The molecule has 0 radical (unpaired) electrons. The SMILES string of the molecule is COc1ccc(C(N)=O)cc1N=Nc1c(Nc2ccccc2)nc(Nc2ccccc2)nc1Nc1ccccc1. The van der Waals surface area contributed by atoms with Gasteiger partial charge in [-0.15, -0.1) is 10.2 Å². The first-order valence-corrected chi connectivity index (χ1v) is 12.4. The number of para-hydroxylation sites is 3. The molecule has 0 spiro atoms. The lowest BCUT2D eigenvalue weighted by molar-refractivity contribution is 0.100. The zero-order valence-electron chi connectivity index (χ0n) is 21.6. The van der Waals surface area contributed by atoms with E-state index in [1.165, 1.54) is 13.2 Å². The van der Waals surface area contributed by atoms with Crippen LogP contribution in [0.3, 0.4) is 0 Å². The van der Waals surface area contributed by atoms with Crippen LogP contribution in [0.1, 0.15) is 10.4 Å². The highest BCUT2D eigenvalue weighted by atomic mass is 16.5. The van der Waals surface area contributed by atoms with Gasteiger partial charge in [-0.1, -0.05) is 54.6 Å². The van der Waals surface area contributed by atoms with Crippen LogP contribution >= 0.6 is 0 Å². The number of nitrogens with one attached hydrogen (secondary N) is 3. The van der Waals surface area contributed by atoms with E-state index in [1.807, 2.05) is 91.0 Å². The second-order valence-electron chi connectivity index (χ2n) is 8.52. The third-order valence-electron chi connectivity index (χ3n) is 5.71. The predicted octanol–water partition coefficient (Wildman–Crippen LogP) is 7.23. The normalized spacial score (nSPS) is 10.7. The molecule has 10 heteroatoms. The first-order valence-electron chi connectivity index (χ1n) is 12.4. The van der Waals surface area contributed by atoms with Crippen LogP contribution in [0.2, 0.25) is 0 Å². The third kappa shape index (κ3) is 6.37. The van der Waals surface area contributed by atoms with Gasteiger partial charge in [-0.2, -0.15) is 9.97 Å². The molecule has 5 aromatic rings. The number of aromatic nitrogens is 2. The van der Waals surface area contributed by atoms with Crippen molar-refractivity contribution in [2.75, 3.05) is 23.1 Å². The number of rotatable bonds is 10. The van der Waals surface area contributed by atoms with Gasteiger partial charge in [0.1, 0.15) is 11.4 Å². The van der Waals surface area contributed by atoms with Crippen molar-refractivity contribution in [1.29, 1.82) is 0 Å². The van der Waals surface area contributed by atoms with Crippen LogP contribution in [-0.4, -0.2) is 23.0 Å². The molecule has 5 rings (SSSR count). The Bertz CT molecular complexity index is 1570. The molecular formula is C30H26N8O2. The molecule has 0 unspecified atom stereocenters. The monoisotopic (exact) mass is 530 g/mol. The lowest BCUT2D eigenvalue weighted by atomic mass is 10.2. The van der Waals surface area contributed by atoms with Crippen LogP contribution < -0.4 is 26.4 Å². The number of nitrogens with zero attached hydrogens (tertiary/aromatic N) is 4. The van der Waals surface area contributed by atoms with Gasteiger partial charge in [0.25, 0.3) is 0 Å². The van der Waals surface area contributed by atoms with Gasteiger partial charge < -0.3 is 26.4 Å². The minimum absolute atomic E-state index is 0.277. The highest BCUT2D eigenvalue weighted by Gasteiger charge is 2.17. The Balaban J connectivity index is 1.65. The summed E-state index contributed by atoms with van der Waals surface area (Å²) in [6.45, 7) is 0. The number of ether oxygens (including phenoxy) is 1. The summed E-state index contributed by atoms with van der Waals surface area (Å²) in [5.41, 5.74) is 8.82. The number of amides is 1. The Labute approximate surface area is 231 Å². The van der Waals surface area contributed by atoms with Crippen LogP contribution in [0.5, 0.6) is 5.75 Å². The summed E-state index contributed by atoms with van der Waals surface area (Å²) in [6, 6.07) is 33.5. The van der Waals surface area contributed by atoms with Crippen molar-refractivity contribution in [3.8, 4) is 5.75 Å². The van der Waals surface area contributed by atoms with E-state index in [4.69, 9.17) is 20.4 Å². The van der Waals surface area contributed by atoms with Gasteiger partial charge in [0.05, 0.1) is 7.11 Å². The maximum absolute atomic E-state index is 11.8. The van der Waals surface area contributed by atoms with Gasteiger partial charge in [0.15, 0.2) is 17.3 Å². The maximum Gasteiger partial charge on any atom is 0.248 e. The molecule has 1 heterocycles. The first-order chi connectivity index (χ1) is 19.6. The Kier molecular flexibility index (Phi) is 7.88. The van der Waals surface area contributed by atoms with Gasteiger partial charge in [-0.05, 0) is 54.6 Å². The van der Waals surface area contributed by atoms with E-state index >= 15 is 0 Å². The Morgan fingerprint density at radius 2 is 1.20 bits per heavy atom. The number of carbonyl (C=O) groups is 1. The number of carbonyl (C=O) groups excluding carboxylic acids is 1. The highest BCUT2D eigenvalue weighted by Crippen LogP contribution is 2.38. The van der Waals surface area contributed by atoms with E-state index in [1.54, 1.807) is 12.1 Å². The van der Waals surface area contributed by atoms with Crippen LogP contribution in [-0.2, 0) is 0 Å². The van der Waals surface area contributed by atoms with Crippen molar-refractivity contribution in [3.05, 3.63) is 115 Å². The number of anilines is 6. The zero-order valence-corrected chi connectivity index (χ0v) is 21.6. The topological polar surface area (TPSA) is 139 Å². The van der Waals surface area contributed by atoms with Crippen molar-refractivity contribution < 1.29 is 9.53 Å². The molecule has 4 aromatic carbocycles. The van der Waals surface area contributed by atoms with Crippen molar-refractivity contribution >= 4 is 51.9 Å². The van der Waals surface area contributed by atoms with E-state index in [-0.39, 0.29) is 5.56 Å². The number of hydrogen-bond acceptors (Lipinski definition) is 9. The molecule has 0 saturated carbocycles. The largest absolute Gasteiger partial charge is 0.494 e. The smallest absolute Gasteiger partial charge is 0.248 e. The van der Waals surface area contributed by atoms with E-state index in [0.717, 1.165) is 17.1 Å². The van der Waals surface area contributed by atoms with Crippen molar-refractivity contribution in [2.24, 2.45) is 16.0 Å². The van der Waals surface area contributed by atoms with Crippen LogP contribution in [0.25, 0.3) is 0 Å². The van der Waals surface area contributed by atoms with Gasteiger partial charge in [0, 0.05) is 22.6 Å². The molecular weight excluding hydrogens is 504 g/mol. The average molecular weight is 531 g/mol. The molecule has 198 valence electrons. The van der Waals surface area contributed by atoms with Crippen molar-refractivity contribution in [2.45, 2.75) is 0 Å². The van der Waals surface area contributed by atoms with E-state index in [9.17, 15) is 4.79 Å². The lowest BCUT2D eigenvalue weighted by Crippen LogP contribution is -2.10. The molecule has 5 N–H and O–H groups in total. The number of methoxy groups -OCH3 is 1. The molecule has 0 aliphatic rings. The second kappa shape index (κ2) is 12.2. The Morgan fingerprint density at radius 3 is 1.68 bits per heavy atom. The molecule has 0 saturated heterocycles. The van der Waals surface area contributed by atoms with Crippen molar-refractivity contribution in [1.82, 2.24) is 9.97 Å². The van der Waals surface area contributed by atoms with E-state index in [2.05, 4.69) is 26.2 Å². The molecule has 0 atom stereocenters. The number of azo groups is 1. The Morgan fingerprint density at radius 1 is 0.700 bits per heavy atom. The summed E-state index contributed by atoms with van der Waals surface area (Å²) in [6.07, 6.45) is 0. The molecule has 0 aliphatic carbocycles. The summed E-state index contributed by atoms with van der Waals surface area (Å²) < 4.78 is 5.43. The number of hydrogen-bond donors (Lipinski definition) is 4. The van der Waals surface area contributed by atoms with Gasteiger partial charge in [-0.25, -0.2) is 0 Å². The molecule has 0 bridgehead atoms. The van der Waals surface area contributed by atoms with E-state index < -0.39 is 5.91 Å². The minimum Gasteiger partial charge on any atom is -0.494 e. The molecule has 10 nitrogen and oxygen atoms in total. The van der Waals surface area contributed by atoms with Crippen molar-refractivity contribution in [3.63, 3.8) is 0 Å². The zero-order chi connectivity index (χ0) is 27.7. The maximum atomic E-state index is 11.8. The highest BCUT2D eigenvalue weighted by molar-refractivity contribution is 5.94. The molecule has 0 fully saturated rings. The predicted molar refractivity (Wildman–Crippen MR) is 157 cm³/mol. The number of primary amides is 1. The molecule has 1 aromatic heterocycles. The van der Waals surface area contributed by atoms with Crippen LogP contribution in [0, 0.1) is 0 Å². The van der Waals surface area contributed by atoms with Crippen LogP contribution in [0.15, 0.2) is 119 Å². The van der Waals surface area contributed by atoms with Gasteiger partial charge >= 0.3 is 0 Å². The summed E-state index contributed by atoms with van der Waals surface area (Å²) in [4.78, 5) is 21.3. The fourth-order valence-corrected chi connectivity index (χ4v) is 3.77. The quantitative estimate of drug-likeness (QED) is 0.140. The average Bonchev–Trinajstić information content (AvgIpc) is 2.98. The second-order valence-corrected chi connectivity index (χ2v) is 8.52. The standard InChI is InChI=1S/C30H26N8O2/c1-40-25-18-17-20(27(31)39)19-24(25)37-38-26-28(32-21-11-5-2-6-12-21)35-30(34-23-15-9-4-10-16-23)36-29(26)33-22-13-7-3-8-14-22/h2-19H,1H3,(H2,31,39)(H3,32,33,34,35,36). The molecule has 40 heavy (non-hydrogen) atoms. The first kappa shape index (κ1) is 25.9. The Hall–Kier alpha value is -5.77. The van der Waals surface area contributed by atoms with Gasteiger partial charge in [0.2, 0.25) is 11.9 Å². The van der Waals surface area contributed by atoms with E-state index in [0.29, 0.717) is 34.7 Å². The minimum atomic E-state index is -0.586. The fraction of sp³-hybridized carbons (Fsp3) is 0.0333.